The number of aliphatic hydroxyl groups is 1. The molecule has 45 heavy (non-hydrogen) atoms. The Morgan fingerprint density at radius 2 is 1.42 bits per heavy atom. The number of esters is 1. The zero-order valence-electron chi connectivity index (χ0n) is 26.5. The van der Waals surface area contributed by atoms with Crippen molar-refractivity contribution in [1.82, 2.24) is 4.90 Å². The van der Waals surface area contributed by atoms with E-state index in [1.165, 1.54) is 7.11 Å². The van der Waals surface area contributed by atoms with E-state index in [4.69, 9.17) is 47.7 Å². The highest BCUT2D eigenvalue weighted by atomic mass is 16.7. The van der Waals surface area contributed by atoms with Crippen LogP contribution in [0.5, 0.6) is 0 Å². The molecule has 1 N–H and O–H groups in total. The monoisotopic (exact) mass is 639 g/mol. The minimum Gasteiger partial charge on any atom is -0.465 e. The van der Waals surface area contributed by atoms with Crippen LogP contribution >= 0.6 is 0 Å². The van der Waals surface area contributed by atoms with E-state index in [2.05, 4.69) is 0 Å². The van der Waals surface area contributed by atoms with Gasteiger partial charge < -0.3 is 52.6 Å². The Kier molecular flexibility index (Phi) is 18.0. The third kappa shape index (κ3) is 13.0. The normalized spacial score (nSPS) is 22.4. The highest BCUT2D eigenvalue weighted by Crippen LogP contribution is 2.39. The number of hydrogen-bond acceptors (Lipinski definition) is 12. The average Bonchev–Trinajstić information content (AvgIpc) is 3.07. The number of benzene rings is 1. The Bertz CT molecular complexity index is 988. The van der Waals surface area contributed by atoms with Crippen LogP contribution in [0, 0.1) is 5.92 Å². The number of hydrogen-bond donors (Lipinski definition) is 1. The molecule has 1 fully saturated rings. The summed E-state index contributed by atoms with van der Waals surface area (Å²) in [5, 5.41) is 8.89. The molecular weight excluding hydrogens is 590 g/mol. The molecule has 1 saturated heterocycles. The predicted molar refractivity (Wildman–Crippen MR) is 162 cm³/mol. The first kappa shape index (κ1) is 36.8. The highest BCUT2D eigenvalue weighted by molar-refractivity contribution is 5.92. The molecule has 1 aromatic rings. The first-order valence-corrected chi connectivity index (χ1v) is 15.6. The van der Waals surface area contributed by atoms with E-state index in [1.807, 2.05) is 25.1 Å². The molecular formula is C32H49NO12. The molecule has 1 aromatic carbocycles. The van der Waals surface area contributed by atoms with E-state index >= 15 is 0 Å². The van der Waals surface area contributed by atoms with Gasteiger partial charge in [-0.1, -0.05) is 12.1 Å². The SMILES string of the molecule is CCO[C@H]1OC(C(=O)N2CCOCCOCCOCCOCC2)=C[C@@H](c2ccc(C(=O)OC)cc2)[C@H]1CCOCCOCCO. The summed E-state index contributed by atoms with van der Waals surface area (Å²) < 4.78 is 50.7. The lowest BCUT2D eigenvalue weighted by Crippen LogP contribution is -2.43. The number of rotatable bonds is 13. The number of aliphatic hydroxyl groups excluding tert-OH is 1. The molecule has 254 valence electrons. The Morgan fingerprint density at radius 1 is 0.844 bits per heavy atom. The number of ether oxygens (including phenoxy) is 9. The molecule has 3 atom stereocenters. The van der Waals surface area contributed by atoms with Crippen molar-refractivity contribution in [1.29, 1.82) is 0 Å². The van der Waals surface area contributed by atoms with Crippen LogP contribution in [-0.4, -0.2) is 141 Å². The molecule has 0 radical (unpaired) electrons. The Balaban J connectivity index is 1.81. The second-order valence-corrected chi connectivity index (χ2v) is 10.3. The van der Waals surface area contributed by atoms with Crippen molar-refractivity contribution in [2.45, 2.75) is 25.6 Å². The second-order valence-electron chi connectivity index (χ2n) is 10.3. The average molecular weight is 640 g/mol. The van der Waals surface area contributed by atoms with E-state index in [9.17, 15) is 9.59 Å². The first-order chi connectivity index (χ1) is 22.1. The molecule has 13 nitrogen and oxygen atoms in total. The fraction of sp³-hybridized carbons (Fsp3) is 0.688. The highest BCUT2D eigenvalue weighted by Gasteiger charge is 2.39. The number of allylic oxidation sites excluding steroid dienone is 1. The largest absolute Gasteiger partial charge is 0.465 e. The minimum atomic E-state index is -0.719. The summed E-state index contributed by atoms with van der Waals surface area (Å²) in [5.74, 6) is -1.02. The van der Waals surface area contributed by atoms with Crippen LogP contribution in [0.15, 0.2) is 36.1 Å². The van der Waals surface area contributed by atoms with Gasteiger partial charge in [0.05, 0.1) is 92.0 Å². The van der Waals surface area contributed by atoms with Crippen LogP contribution < -0.4 is 0 Å². The molecule has 0 spiro atoms. The Labute approximate surface area is 265 Å². The summed E-state index contributed by atoms with van der Waals surface area (Å²) in [5.41, 5.74) is 1.32. The van der Waals surface area contributed by atoms with Crippen molar-refractivity contribution in [2.75, 3.05) is 113 Å². The zero-order valence-corrected chi connectivity index (χ0v) is 26.5. The molecule has 13 heteroatoms. The van der Waals surface area contributed by atoms with E-state index in [-0.39, 0.29) is 36.7 Å². The molecule has 0 unspecified atom stereocenters. The van der Waals surface area contributed by atoms with E-state index in [0.29, 0.717) is 104 Å². The molecule has 0 aromatic heterocycles. The lowest BCUT2D eigenvalue weighted by molar-refractivity contribution is -0.172. The Hall–Kier alpha value is -2.62. The van der Waals surface area contributed by atoms with Crippen molar-refractivity contribution >= 4 is 11.9 Å². The third-order valence-corrected chi connectivity index (χ3v) is 7.26. The summed E-state index contributed by atoms with van der Waals surface area (Å²) in [4.78, 5) is 27.7. The van der Waals surface area contributed by atoms with Gasteiger partial charge in [-0.2, -0.15) is 0 Å². The van der Waals surface area contributed by atoms with E-state index < -0.39 is 12.3 Å². The van der Waals surface area contributed by atoms with Crippen LogP contribution in [0.2, 0.25) is 0 Å². The number of carbonyl (C=O) groups is 2. The summed E-state index contributed by atoms with van der Waals surface area (Å²) in [6.45, 7) is 7.63. The predicted octanol–water partition coefficient (Wildman–Crippen LogP) is 1.77. The van der Waals surface area contributed by atoms with Gasteiger partial charge >= 0.3 is 5.97 Å². The molecule has 2 aliphatic heterocycles. The van der Waals surface area contributed by atoms with Gasteiger partial charge in [0.25, 0.3) is 5.91 Å². The second kappa shape index (κ2) is 22.0. The van der Waals surface area contributed by atoms with Crippen molar-refractivity contribution in [3.05, 3.63) is 47.2 Å². The number of carbonyl (C=O) groups excluding carboxylic acids is 2. The maximum atomic E-state index is 13.9. The van der Waals surface area contributed by atoms with Gasteiger partial charge in [-0.25, -0.2) is 4.79 Å². The Morgan fingerprint density at radius 3 is 1.98 bits per heavy atom. The summed E-state index contributed by atoms with van der Waals surface area (Å²) in [6.07, 6.45) is 1.68. The number of methoxy groups -OCH3 is 1. The molecule has 2 heterocycles. The van der Waals surface area contributed by atoms with Crippen LogP contribution in [0.1, 0.15) is 35.2 Å². The van der Waals surface area contributed by atoms with Crippen molar-refractivity contribution in [3.63, 3.8) is 0 Å². The van der Waals surface area contributed by atoms with Gasteiger partial charge in [0, 0.05) is 38.1 Å². The van der Waals surface area contributed by atoms with E-state index in [1.54, 1.807) is 17.0 Å². The summed E-state index contributed by atoms with van der Waals surface area (Å²) in [7, 11) is 1.34. The number of amides is 1. The lowest BCUT2D eigenvalue weighted by atomic mass is 9.81. The molecule has 1 amide bonds. The van der Waals surface area contributed by atoms with Crippen molar-refractivity contribution < 1.29 is 57.3 Å². The lowest BCUT2D eigenvalue weighted by Gasteiger charge is -2.38. The standard InChI is InChI=1S/C32H49NO12/c1-3-44-32-27(8-12-38-16-19-41-15-11-34)28(25-4-6-26(7-5-25)31(36)37-2)24-29(45-32)30(35)33-9-13-39-17-20-42-22-23-43-21-18-40-14-10-33/h4-7,24,27-28,32,34H,3,8-23H2,1-2H3/t27-,28+,32+/m1/s1. The van der Waals surface area contributed by atoms with Gasteiger partial charge in [-0.05, 0) is 37.1 Å². The zero-order chi connectivity index (χ0) is 32.1. The quantitative estimate of drug-likeness (QED) is 0.249. The van der Waals surface area contributed by atoms with Crippen molar-refractivity contribution in [3.8, 4) is 0 Å². The summed E-state index contributed by atoms with van der Waals surface area (Å²) in [6, 6.07) is 7.13. The topological polar surface area (TPSA) is 141 Å². The van der Waals surface area contributed by atoms with Gasteiger partial charge in [0.15, 0.2) is 5.76 Å². The minimum absolute atomic E-state index is 0.0410. The maximum absolute atomic E-state index is 13.9. The molecule has 2 aliphatic rings. The van der Waals surface area contributed by atoms with Crippen LogP contribution in [0.4, 0.5) is 0 Å². The summed E-state index contributed by atoms with van der Waals surface area (Å²) >= 11 is 0. The molecule has 0 saturated carbocycles. The van der Waals surface area contributed by atoms with Crippen LogP contribution in [0.25, 0.3) is 0 Å². The van der Waals surface area contributed by atoms with Gasteiger partial charge in [0.2, 0.25) is 6.29 Å². The molecule has 0 bridgehead atoms. The van der Waals surface area contributed by atoms with Crippen LogP contribution in [-0.2, 0) is 47.4 Å². The fourth-order valence-electron chi connectivity index (χ4n) is 4.96. The smallest absolute Gasteiger partial charge is 0.337 e. The maximum Gasteiger partial charge on any atom is 0.337 e. The number of nitrogens with zero attached hydrogens (tertiary/aromatic N) is 1. The van der Waals surface area contributed by atoms with Crippen LogP contribution in [0.3, 0.4) is 0 Å². The fourth-order valence-corrected chi connectivity index (χ4v) is 4.96. The van der Waals surface area contributed by atoms with E-state index in [0.717, 1.165) is 5.56 Å². The van der Waals surface area contributed by atoms with Crippen molar-refractivity contribution in [2.24, 2.45) is 5.92 Å². The molecule has 0 aliphatic carbocycles. The van der Waals surface area contributed by atoms with Gasteiger partial charge in [0.1, 0.15) is 0 Å². The molecule has 3 rings (SSSR count). The van der Waals surface area contributed by atoms with Gasteiger partial charge in [-0.15, -0.1) is 0 Å². The van der Waals surface area contributed by atoms with Gasteiger partial charge in [-0.3, -0.25) is 4.79 Å². The first-order valence-electron chi connectivity index (χ1n) is 15.6. The third-order valence-electron chi connectivity index (χ3n) is 7.26.